The van der Waals surface area contributed by atoms with Crippen LogP contribution in [0, 0.1) is 47.3 Å². The molecule has 0 saturated heterocycles. The van der Waals surface area contributed by atoms with Gasteiger partial charge >= 0.3 is 0 Å². The first-order valence-electron chi connectivity index (χ1n) is 29.3. The van der Waals surface area contributed by atoms with Crippen molar-refractivity contribution in [3.8, 4) is 0 Å². The molecule has 0 unspecified atom stereocenters. The topological polar surface area (TPSA) is 35.7 Å². The zero-order chi connectivity index (χ0) is 42.6. The van der Waals surface area contributed by atoms with Crippen molar-refractivity contribution >= 4 is 0 Å². The lowest BCUT2D eigenvalue weighted by Gasteiger charge is -2.52. The third-order valence-electron chi connectivity index (χ3n) is 21.8. The van der Waals surface area contributed by atoms with Crippen LogP contribution in [0.4, 0.5) is 0 Å². The summed E-state index contributed by atoms with van der Waals surface area (Å²) in [6.45, 7) is 10.1. The molecule has 9 saturated carbocycles. The van der Waals surface area contributed by atoms with Crippen LogP contribution in [0.25, 0.3) is 0 Å². The smallest absolute Gasteiger partial charge is 0.0102 e. The normalized spacial score (nSPS) is 46.8. The molecule has 9 fully saturated rings. The van der Waals surface area contributed by atoms with Gasteiger partial charge in [0.25, 0.3) is 0 Å². The Kier molecular flexibility index (Phi) is 16.9. The average molecular weight is 857 g/mol. The van der Waals surface area contributed by atoms with E-state index in [0.29, 0.717) is 6.04 Å². The fourth-order valence-corrected chi connectivity index (χ4v) is 17.7. The van der Waals surface area contributed by atoms with E-state index in [1.165, 1.54) is 193 Å². The molecule has 0 aromatic heterocycles. The van der Waals surface area contributed by atoms with E-state index in [9.17, 15) is 0 Å². The Balaban J connectivity index is 0.766. The summed E-state index contributed by atoms with van der Waals surface area (Å²) < 4.78 is 0. The van der Waals surface area contributed by atoms with Gasteiger partial charge in [0.1, 0.15) is 0 Å². The van der Waals surface area contributed by atoms with Crippen LogP contribution < -0.4 is 5.73 Å². The zero-order valence-electron chi connectivity index (χ0n) is 41.8. The van der Waals surface area contributed by atoms with E-state index in [2.05, 4.69) is 42.4 Å². The summed E-state index contributed by atoms with van der Waals surface area (Å²) in [5.74, 6) is 7.92. The first-order valence-corrected chi connectivity index (χ1v) is 29.3. The number of rotatable bonds is 11. The summed E-state index contributed by atoms with van der Waals surface area (Å²) in [4.78, 5) is 9.71. The number of nitrogens with two attached hydrogens (primary N) is 1. The molecule has 0 aromatic carbocycles. The van der Waals surface area contributed by atoms with Crippen LogP contribution >= 0.6 is 0 Å². The van der Waals surface area contributed by atoms with E-state index < -0.39 is 0 Å². The fourth-order valence-electron chi connectivity index (χ4n) is 17.7. The quantitative estimate of drug-likeness (QED) is 0.225. The largest absolute Gasteiger partial charge is 0.328 e. The van der Waals surface area contributed by atoms with E-state index in [4.69, 9.17) is 5.73 Å². The molecule has 0 amide bonds. The lowest BCUT2D eigenvalue weighted by Crippen LogP contribution is -2.54. The monoisotopic (exact) mass is 857 g/mol. The maximum absolute atomic E-state index is 6.46. The molecule has 0 bridgehead atoms. The van der Waals surface area contributed by atoms with Gasteiger partial charge in [0.15, 0.2) is 0 Å². The molecule has 0 aliphatic heterocycles. The van der Waals surface area contributed by atoms with E-state index in [1.807, 2.05) is 0 Å². The molecule has 9 aliphatic rings. The van der Waals surface area contributed by atoms with Crippen LogP contribution in [0.5, 0.6) is 0 Å². The maximum Gasteiger partial charge on any atom is 0.0102 e. The Morgan fingerprint density at radius 2 is 0.355 bits per heavy atom. The lowest BCUT2D eigenvalue weighted by atomic mass is 9.69. The van der Waals surface area contributed by atoms with Crippen LogP contribution in [0.1, 0.15) is 259 Å². The second-order valence-electron chi connectivity index (χ2n) is 25.8. The lowest BCUT2D eigenvalue weighted by molar-refractivity contribution is -0.0187. The van der Waals surface area contributed by atoms with Gasteiger partial charge in [-0.25, -0.2) is 0 Å². The summed E-state index contributed by atoms with van der Waals surface area (Å²) in [5, 5.41) is 0. The minimum atomic E-state index is 0.467. The molecule has 356 valence electrons. The van der Waals surface area contributed by atoms with Crippen molar-refractivity contribution in [3.63, 3.8) is 0 Å². The maximum atomic E-state index is 6.46. The predicted octanol–water partition coefficient (Wildman–Crippen LogP) is 14.7. The first-order chi connectivity index (χ1) is 30.3. The second kappa shape index (κ2) is 22.3. The molecule has 2 N–H and O–H groups in total. The molecule has 9 rings (SSSR count). The Labute approximate surface area is 385 Å². The summed E-state index contributed by atoms with van der Waals surface area (Å²) >= 11 is 0. The molecular formula is C58H104N4. The van der Waals surface area contributed by atoms with Crippen molar-refractivity contribution in [2.24, 2.45) is 53.1 Å². The minimum absolute atomic E-state index is 0.467. The van der Waals surface area contributed by atoms with Gasteiger partial charge in [0.05, 0.1) is 0 Å². The van der Waals surface area contributed by atoms with Crippen molar-refractivity contribution < 1.29 is 0 Å². The molecular weight excluding hydrogens is 753 g/mol. The van der Waals surface area contributed by atoms with Crippen molar-refractivity contribution in [2.45, 2.75) is 319 Å². The molecule has 0 spiro atoms. The van der Waals surface area contributed by atoms with Gasteiger partial charge in [0, 0.05) is 60.4 Å². The molecule has 4 nitrogen and oxygen atoms in total. The third-order valence-corrected chi connectivity index (χ3v) is 21.8. The molecule has 62 heavy (non-hydrogen) atoms. The SMILES string of the molecule is CC1CCC(N(C2CCC(C)CC2)C2CCC(C3CCC(N(C4CCC(C)CC4)C4CCC(C5CCC(N(C6CCC(C)CC6)C6CCC(N)CC6)CC5)CC4)CC3)CC2)CC1. The van der Waals surface area contributed by atoms with E-state index >= 15 is 0 Å². The van der Waals surface area contributed by atoms with Gasteiger partial charge < -0.3 is 5.73 Å². The first kappa shape index (κ1) is 46.9. The van der Waals surface area contributed by atoms with Crippen LogP contribution in [0.2, 0.25) is 0 Å². The standard InChI is InChI=1S/C58H104N4/c1-41-5-23-50(24-6-41)60(51-25-7-42(2)8-26-51)54-31-13-45(14-32-54)46-15-33-55(34-16-46)61(52-27-9-43(3)10-28-52)56-35-17-47(18-36-56)48-19-37-57(38-20-48)62(53-29-11-44(4)12-30-53)58-39-21-49(59)22-40-58/h41-58H,5-40,59H2,1-4H3. The summed E-state index contributed by atoms with van der Waals surface area (Å²) in [6, 6.07) is 8.38. The van der Waals surface area contributed by atoms with Gasteiger partial charge in [-0.2, -0.15) is 0 Å². The fraction of sp³-hybridized carbons (Fsp3) is 1.00. The molecule has 0 heterocycles. The van der Waals surface area contributed by atoms with Gasteiger partial charge in [-0.15, -0.1) is 0 Å². The highest BCUT2D eigenvalue weighted by Crippen LogP contribution is 2.48. The van der Waals surface area contributed by atoms with Crippen LogP contribution in [0.3, 0.4) is 0 Å². The van der Waals surface area contributed by atoms with Crippen molar-refractivity contribution in [2.75, 3.05) is 0 Å². The predicted molar refractivity (Wildman–Crippen MR) is 264 cm³/mol. The Hall–Kier alpha value is -0.160. The van der Waals surface area contributed by atoms with E-state index in [-0.39, 0.29) is 0 Å². The van der Waals surface area contributed by atoms with Crippen molar-refractivity contribution in [1.82, 2.24) is 14.7 Å². The summed E-state index contributed by atoms with van der Waals surface area (Å²) in [6.07, 6.45) is 53.4. The summed E-state index contributed by atoms with van der Waals surface area (Å²) in [7, 11) is 0. The van der Waals surface area contributed by atoms with Gasteiger partial charge in [-0.05, 0) is 278 Å². The van der Waals surface area contributed by atoms with Crippen LogP contribution in [-0.2, 0) is 0 Å². The number of hydrogen-bond donors (Lipinski definition) is 1. The Bertz CT molecular complexity index is 1130. The molecule has 0 atom stereocenters. The van der Waals surface area contributed by atoms with Crippen LogP contribution in [0.15, 0.2) is 0 Å². The van der Waals surface area contributed by atoms with E-state index in [0.717, 1.165) is 102 Å². The zero-order valence-corrected chi connectivity index (χ0v) is 41.8. The third kappa shape index (κ3) is 11.6. The highest BCUT2D eigenvalue weighted by Gasteiger charge is 2.44. The van der Waals surface area contributed by atoms with Gasteiger partial charge in [-0.3, -0.25) is 14.7 Å². The summed E-state index contributed by atoms with van der Waals surface area (Å²) in [5.41, 5.74) is 6.46. The molecule has 4 heteroatoms. The Morgan fingerprint density at radius 3 is 0.532 bits per heavy atom. The number of nitrogens with zero attached hydrogens (tertiary/aromatic N) is 3. The van der Waals surface area contributed by atoms with Crippen molar-refractivity contribution in [3.05, 3.63) is 0 Å². The van der Waals surface area contributed by atoms with Gasteiger partial charge in [0.2, 0.25) is 0 Å². The van der Waals surface area contributed by atoms with Gasteiger partial charge in [-0.1, -0.05) is 27.7 Å². The molecule has 0 aromatic rings. The van der Waals surface area contributed by atoms with Crippen LogP contribution in [-0.4, -0.2) is 75.1 Å². The highest BCUT2D eigenvalue weighted by molar-refractivity contribution is 4.98. The molecule has 0 radical (unpaired) electrons. The second-order valence-corrected chi connectivity index (χ2v) is 25.8. The van der Waals surface area contributed by atoms with E-state index in [1.54, 1.807) is 38.5 Å². The Morgan fingerprint density at radius 1 is 0.210 bits per heavy atom. The molecule has 9 aliphatic carbocycles. The average Bonchev–Trinajstić information content (AvgIpc) is 3.31. The highest BCUT2D eigenvalue weighted by atomic mass is 15.2. The minimum Gasteiger partial charge on any atom is -0.328 e. The number of hydrogen-bond acceptors (Lipinski definition) is 4. The van der Waals surface area contributed by atoms with Crippen molar-refractivity contribution in [1.29, 1.82) is 0 Å².